The van der Waals surface area contributed by atoms with Gasteiger partial charge in [-0.3, -0.25) is 9.59 Å². The van der Waals surface area contributed by atoms with Crippen molar-refractivity contribution in [3.8, 4) is 0 Å². The predicted molar refractivity (Wildman–Crippen MR) is 97.2 cm³/mol. The average Bonchev–Trinajstić information content (AvgIpc) is 2.53. The molecule has 0 aliphatic rings. The molecule has 144 valence electrons. The zero-order chi connectivity index (χ0) is 19.7. The first-order valence-corrected chi connectivity index (χ1v) is 8.63. The highest BCUT2D eigenvalue weighted by molar-refractivity contribution is 5.97. The molecule has 1 rings (SSSR count). The van der Waals surface area contributed by atoms with Crippen molar-refractivity contribution in [2.75, 3.05) is 6.61 Å². The number of nitrogens with one attached hydrogen (secondary N) is 2. The van der Waals surface area contributed by atoms with Gasteiger partial charge < -0.3 is 20.1 Å². The lowest BCUT2D eigenvalue weighted by Crippen LogP contribution is -2.52. The Balaban J connectivity index is 2.81. The van der Waals surface area contributed by atoms with E-state index in [4.69, 9.17) is 9.47 Å². The molecule has 2 amide bonds. The number of amides is 2. The first kappa shape index (κ1) is 21.5. The molecule has 0 spiro atoms. The van der Waals surface area contributed by atoms with Gasteiger partial charge in [-0.15, -0.1) is 0 Å². The van der Waals surface area contributed by atoms with Crippen LogP contribution in [0.25, 0.3) is 0 Å². The summed E-state index contributed by atoms with van der Waals surface area (Å²) in [6, 6.07) is 9.36. The molecule has 0 radical (unpaired) electrons. The van der Waals surface area contributed by atoms with Gasteiger partial charge in [0.2, 0.25) is 5.91 Å². The molecule has 0 bridgehead atoms. The number of esters is 1. The summed E-state index contributed by atoms with van der Waals surface area (Å²) >= 11 is 0. The molecule has 1 aromatic rings. The van der Waals surface area contributed by atoms with E-state index < -0.39 is 35.7 Å². The Kier molecular flexibility index (Phi) is 8.09. The minimum absolute atomic E-state index is 0.194. The van der Waals surface area contributed by atoms with E-state index in [1.807, 2.05) is 30.3 Å². The molecule has 7 nitrogen and oxygen atoms in total. The van der Waals surface area contributed by atoms with Crippen molar-refractivity contribution in [1.82, 2.24) is 10.6 Å². The molecule has 0 aliphatic carbocycles. The number of alkyl carbamates (subject to hydrolysis) is 1. The minimum atomic E-state index is -0.978. The lowest BCUT2D eigenvalue weighted by Gasteiger charge is -2.25. The zero-order valence-corrected chi connectivity index (χ0v) is 16.0. The molecule has 2 atom stereocenters. The SMILES string of the molecule is CCOC(=O)C(C)C(=O)NC(Cc1ccccc1)NC(=O)OC(C)(C)C. The van der Waals surface area contributed by atoms with Crippen LogP contribution < -0.4 is 10.6 Å². The number of rotatable bonds is 7. The lowest BCUT2D eigenvalue weighted by atomic mass is 10.1. The molecule has 0 heterocycles. The molecular formula is C19H28N2O5. The van der Waals surface area contributed by atoms with Gasteiger partial charge in [0.1, 0.15) is 17.7 Å². The van der Waals surface area contributed by atoms with Crippen LogP contribution in [0.5, 0.6) is 0 Å². The summed E-state index contributed by atoms with van der Waals surface area (Å²) in [5.41, 5.74) is 0.251. The maximum Gasteiger partial charge on any atom is 0.409 e. The van der Waals surface area contributed by atoms with E-state index in [0.29, 0.717) is 6.42 Å². The van der Waals surface area contributed by atoms with Crippen LogP contribution in [-0.2, 0) is 25.5 Å². The molecule has 0 aliphatic heterocycles. The van der Waals surface area contributed by atoms with Crippen LogP contribution in [0.1, 0.15) is 40.2 Å². The van der Waals surface area contributed by atoms with E-state index >= 15 is 0 Å². The summed E-state index contributed by atoms with van der Waals surface area (Å²) in [6.45, 7) is 8.58. The maximum absolute atomic E-state index is 12.3. The molecule has 2 unspecified atom stereocenters. The second-order valence-electron chi connectivity index (χ2n) is 6.87. The highest BCUT2D eigenvalue weighted by Crippen LogP contribution is 2.08. The maximum atomic E-state index is 12.3. The number of hydrogen-bond donors (Lipinski definition) is 2. The summed E-state index contributed by atoms with van der Waals surface area (Å²) in [4.78, 5) is 36.1. The Hall–Kier alpha value is -2.57. The van der Waals surface area contributed by atoms with E-state index in [2.05, 4.69) is 10.6 Å². The van der Waals surface area contributed by atoms with Crippen LogP contribution in [0.3, 0.4) is 0 Å². The first-order chi connectivity index (χ1) is 12.1. The summed E-state index contributed by atoms with van der Waals surface area (Å²) < 4.78 is 10.1. The van der Waals surface area contributed by atoms with Gasteiger partial charge in [-0.05, 0) is 40.2 Å². The van der Waals surface area contributed by atoms with Gasteiger partial charge in [-0.25, -0.2) is 4.79 Å². The van der Waals surface area contributed by atoms with Gasteiger partial charge in [0.25, 0.3) is 0 Å². The van der Waals surface area contributed by atoms with E-state index in [-0.39, 0.29) is 6.61 Å². The smallest absolute Gasteiger partial charge is 0.409 e. The van der Waals surface area contributed by atoms with Crippen molar-refractivity contribution in [3.63, 3.8) is 0 Å². The fraction of sp³-hybridized carbons (Fsp3) is 0.526. The van der Waals surface area contributed by atoms with Gasteiger partial charge >= 0.3 is 12.1 Å². The molecule has 0 saturated carbocycles. The van der Waals surface area contributed by atoms with Gasteiger partial charge in [-0.1, -0.05) is 30.3 Å². The molecule has 7 heteroatoms. The van der Waals surface area contributed by atoms with Crippen molar-refractivity contribution in [2.24, 2.45) is 5.92 Å². The van der Waals surface area contributed by atoms with Crippen molar-refractivity contribution in [2.45, 2.75) is 52.8 Å². The average molecular weight is 364 g/mol. The second kappa shape index (κ2) is 9.79. The molecule has 2 N–H and O–H groups in total. The van der Waals surface area contributed by atoms with Crippen molar-refractivity contribution in [3.05, 3.63) is 35.9 Å². The molecule has 0 saturated heterocycles. The fourth-order valence-corrected chi connectivity index (χ4v) is 2.11. The predicted octanol–water partition coefficient (Wildman–Crippen LogP) is 2.40. The van der Waals surface area contributed by atoms with Gasteiger partial charge in [0.05, 0.1) is 6.61 Å². The fourth-order valence-electron chi connectivity index (χ4n) is 2.11. The number of benzene rings is 1. The highest BCUT2D eigenvalue weighted by atomic mass is 16.6. The molecule has 1 aromatic carbocycles. The van der Waals surface area contributed by atoms with Crippen LogP contribution in [0.15, 0.2) is 30.3 Å². The quantitative estimate of drug-likeness (QED) is 0.440. The Morgan fingerprint density at radius 3 is 2.23 bits per heavy atom. The number of hydrogen-bond acceptors (Lipinski definition) is 5. The highest BCUT2D eigenvalue weighted by Gasteiger charge is 2.27. The third-order valence-electron chi connectivity index (χ3n) is 3.32. The second-order valence-corrected chi connectivity index (χ2v) is 6.87. The van der Waals surface area contributed by atoms with Crippen LogP contribution in [-0.4, -0.2) is 36.3 Å². The summed E-state index contributed by atoms with van der Waals surface area (Å²) in [6.07, 6.45) is -1.03. The van der Waals surface area contributed by atoms with Crippen LogP contribution in [0.4, 0.5) is 4.79 Å². The van der Waals surface area contributed by atoms with E-state index in [9.17, 15) is 14.4 Å². The monoisotopic (exact) mass is 364 g/mol. The van der Waals surface area contributed by atoms with Gasteiger partial charge in [-0.2, -0.15) is 0 Å². The summed E-state index contributed by atoms with van der Waals surface area (Å²) in [5, 5.41) is 5.30. The van der Waals surface area contributed by atoms with Gasteiger partial charge in [0.15, 0.2) is 0 Å². The van der Waals surface area contributed by atoms with Crippen molar-refractivity contribution in [1.29, 1.82) is 0 Å². The van der Waals surface area contributed by atoms with Crippen molar-refractivity contribution >= 4 is 18.0 Å². The number of ether oxygens (including phenoxy) is 2. The standard InChI is InChI=1S/C19H28N2O5/c1-6-25-17(23)13(2)16(22)20-15(12-14-10-8-7-9-11-14)21-18(24)26-19(3,4)5/h7-11,13,15H,6,12H2,1-5H3,(H,20,22)(H,21,24). The third-order valence-corrected chi connectivity index (χ3v) is 3.32. The Morgan fingerprint density at radius 2 is 1.69 bits per heavy atom. The van der Waals surface area contributed by atoms with Crippen LogP contribution in [0.2, 0.25) is 0 Å². The Morgan fingerprint density at radius 1 is 1.08 bits per heavy atom. The molecule has 26 heavy (non-hydrogen) atoms. The number of carbonyl (C=O) groups excluding carboxylic acids is 3. The molecular weight excluding hydrogens is 336 g/mol. The zero-order valence-electron chi connectivity index (χ0n) is 16.0. The van der Waals surface area contributed by atoms with Crippen molar-refractivity contribution < 1.29 is 23.9 Å². The topological polar surface area (TPSA) is 93.7 Å². The largest absolute Gasteiger partial charge is 0.465 e. The summed E-state index contributed by atoms with van der Waals surface area (Å²) in [7, 11) is 0. The first-order valence-electron chi connectivity index (χ1n) is 8.63. The number of carbonyl (C=O) groups is 3. The van der Waals surface area contributed by atoms with E-state index in [1.54, 1.807) is 27.7 Å². The van der Waals surface area contributed by atoms with E-state index in [0.717, 1.165) is 5.56 Å². The van der Waals surface area contributed by atoms with Gasteiger partial charge in [0, 0.05) is 6.42 Å². The minimum Gasteiger partial charge on any atom is -0.465 e. The molecule has 0 aromatic heterocycles. The Bertz CT molecular complexity index is 610. The normalized spacial score (nSPS) is 13.3. The Labute approximate surface area is 154 Å². The summed E-state index contributed by atoms with van der Waals surface area (Å²) in [5.74, 6) is -2.12. The van der Waals surface area contributed by atoms with E-state index in [1.165, 1.54) is 6.92 Å². The van der Waals surface area contributed by atoms with Crippen LogP contribution in [0, 0.1) is 5.92 Å². The lowest BCUT2D eigenvalue weighted by molar-refractivity contribution is -0.151. The van der Waals surface area contributed by atoms with Crippen LogP contribution >= 0.6 is 0 Å². The molecule has 0 fully saturated rings. The third kappa shape index (κ3) is 8.00.